The molecular weight excluding hydrogens is 354 g/mol. The Morgan fingerprint density at radius 2 is 1.48 bits per heavy atom. The summed E-state index contributed by atoms with van der Waals surface area (Å²) in [5.74, 6) is 0.221. The molecule has 0 fully saturated rings. The van der Waals surface area contributed by atoms with Crippen LogP contribution in [0.5, 0.6) is 0 Å². The molecule has 0 aliphatic carbocycles. The number of Topliss-reactive ketones (excluding diaryl/α,β-unsaturated/α-hetero) is 1. The number of hydrogen-bond donors (Lipinski definition) is 1. The largest absolute Gasteiger partial charge is 0.358 e. The lowest BCUT2D eigenvalue weighted by molar-refractivity contribution is 0.0976. The van der Waals surface area contributed by atoms with Gasteiger partial charge >= 0.3 is 0 Å². The molecule has 0 amide bonds. The topological polar surface area (TPSA) is 32.9 Å². The van der Waals surface area contributed by atoms with E-state index in [0.717, 1.165) is 27.9 Å². The second-order valence-corrected chi connectivity index (χ2v) is 8.07. The summed E-state index contributed by atoms with van der Waals surface area (Å²) in [5.41, 5.74) is 8.85. The second kappa shape index (κ2) is 7.71. The van der Waals surface area contributed by atoms with E-state index < -0.39 is 0 Å². The van der Waals surface area contributed by atoms with Gasteiger partial charge in [-0.15, -0.1) is 0 Å². The number of fused-ring (bicyclic) bond motifs is 1. The monoisotopic (exact) mass is 381 g/mol. The maximum atomic E-state index is 13.5. The molecule has 4 aromatic rings. The molecule has 1 unspecified atom stereocenters. The number of aromatic amines is 1. The molecule has 0 bridgehead atoms. The molecule has 2 nitrogen and oxygen atoms in total. The first-order valence-corrected chi connectivity index (χ1v) is 10.2. The normalized spacial score (nSPS) is 12.3. The van der Waals surface area contributed by atoms with Crippen LogP contribution in [0.3, 0.4) is 0 Å². The highest BCUT2D eigenvalue weighted by atomic mass is 16.1. The molecular formula is C27H27NO. The summed E-state index contributed by atoms with van der Waals surface area (Å²) < 4.78 is 0. The fourth-order valence-electron chi connectivity index (χ4n) is 4.73. The van der Waals surface area contributed by atoms with Gasteiger partial charge in [0.1, 0.15) is 0 Å². The molecule has 0 saturated carbocycles. The SMILES string of the molecule is Cc1cc(C)c(C(=O)CC(c2ccccc2)c2c(C)[nH]c3ccccc23)c(C)c1. The third-order valence-corrected chi connectivity index (χ3v) is 5.84. The Bertz CT molecular complexity index is 1160. The number of para-hydroxylation sites is 1. The van der Waals surface area contributed by atoms with Crippen molar-refractivity contribution < 1.29 is 4.79 Å². The molecule has 146 valence electrons. The predicted octanol–water partition coefficient (Wildman–Crippen LogP) is 6.81. The number of aryl methyl sites for hydroxylation is 4. The van der Waals surface area contributed by atoms with Gasteiger partial charge in [0.05, 0.1) is 0 Å². The second-order valence-electron chi connectivity index (χ2n) is 8.07. The van der Waals surface area contributed by atoms with E-state index >= 15 is 0 Å². The summed E-state index contributed by atoms with van der Waals surface area (Å²) in [6, 6.07) is 23.0. The molecule has 1 heterocycles. The molecule has 1 aromatic heterocycles. The van der Waals surface area contributed by atoms with E-state index in [1.807, 2.05) is 26.0 Å². The van der Waals surface area contributed by atoms with E-state index in [-0.39, 0.29) is 11.7 Å². The van der Waals surface area contributed by atoms with Crippen molar-refractivity contribution in [1.82, 2.24) is 4.98 Å². The minimum atomic E-state index is 0.0138. The highest BCUT2D eigenvalue weighted by Gasteiger charge is 2.25. The Balaban J connectivity index is 1.83. The van der Waals surface area contributed by atoms with Gasteiger partial charge in [0, 0.05) is 34.5 Å². The van der Waals surface area contributed by atoms with Gasteiger partial charge in [0.2, 0.25) is 0 Å². The van der Waals surface area contributed by atoms with Crippen molar-refractivity contribution in [3.05, 3.63) is 106 Å². The number of ketones is 1. The van der Waals surface area contributed by atoms with Crippen LogP contribution in [0.1, 0.15) is 56.2 Å². The van der Waals surface area contributed by atoms with Crippen molar-refractivity contribution in [2.24, 2.45) is 0 Å². The summed E-state index contributed by atoms with van der Waals surface area (Å²) in [5, 5.41) is 1.20. The van der Waals surface area contributed by atoms with Crippen LogP contribution in [0, 0.1) is 27.7 Å². The number of carbonyl (C=O) groups is 1. The smallest absolute Gasteiger partial charge is 0.164 e. The molecule has 4 rings (SSSR count). The Kier molecular flexibility index (Phi) is 5.10. The Labute approximate surface area is 172 Å². The number of aromatic nitrogens is 1. The minimum Gasteiger partial charge on any atom is -0.358 e. The van der Waals surface area contributed by atoms with Crippen LogP contribution in [0.2, 0.25) is 0 Å². The molecule has 0 saturated heterocycles. The number of rotatable bonds is 5. The zero-order valence-corrected chi connectivity index (χ0v) is 17.5. The lowest BCUT2D eigenvalue weighted by atomic mass is 9.83. The zero-order valence-electron chi connectivity index (χ0n) is 17.5. The lowest BCUT2D eigenvalue weighted by Gasteiger charge is -2.20. The van der Waals surface area contributed by atoms with Crippen LogP contribution in [-0.4, -0.2) is 10.8 Å². The summed E-state index contributed by atoms with van der Waals surface area (Å²) in [4.78, 5) is 17.0. The lowest BCUT2D eigenvalue weighted by Crippen LogP contribution is -2.12. The van der Waals surface area contributed by atoms with E-state index in [1.54, 1.807) is 0 Å². The maximum absolute atomic E-state index is 13.5. The molecule has 1 atom stereocenters. The number of benzene rings is 3. The van der Waals surface area contributed by atoms with Crippen LogP contribution in [0.4, 0.5) is 0 Å². The van der Waals surface area contributed by atoms with Crippen molar-refractivity contribution in [2.75, 3.05) is 0 Å². The van der Waals surface area contributed by atoms with E-state index in [1.165, 1.54) is 22.1 Å². The van der Waals surface area contributed by atoms with Gasteiger partial charge in [-0.05, 0) is 56.0 Å². The first kappa shape index (κ1) is 19.2. The van der Waals surface area contributed by atoms with Gasteiger partial charge in [0.15, 0.2) is 5.78 Å². The third kappa shape index (κ3) is 3.63. The molecule has 0 aliphatic heterocycles. The highest BCUT2D eigenvalue weighted by Crippen LogP contribution is 2.37. The van der Waals surface area contributed by atoms with E-state index in [0.29, 0.717) is 6.42 Å². The molecule has 2 heteroatoms. The molecule has 3 aromatic carbocycles. The summed E-state index contributed by atoms with van der Waals surface area (Å²) in [6.07, 6.45) is 0.456. The number of H-pyrrole nitrogens is 1. The van der Waals surface area contributed by atoms with Crippen molar-refractivity contribution in [2.45, 2.75) is 40.0 Å². The maximum Gasteiger partial charge on any atom is 0.164 e. The number of nitrogens with one attached hydrogen (secondary N) is 1. The molecule has 1 N–H and O–H groups in total. The average Bonchev–Trinajstić information content (AvgIpc) is 3.01. The van der Waals surface area contributed by atoms with Crippen molar-refractivity contribution in [1.29, 1.82) is 0 Å². The van der Waals surface area contributed by atoms with Crippen LogP contribution in [0.25, 0.3) is 10.9 Å². The van der Waals surface area contributed by atoms with Crippen molar-refractivity contribution in [3.63, 3.8) is 0 Å². The summed E-state index contributed by atoms with van der Waals surface area (Å²) in [6.45, 7) is 8.28. The van der Waals surface area contributed by atoms with Crippen LogP contribution < -0.4 is 0 Å². The third-order valence-electron chi connectivity index (χ3n) is 5.84. The first-order chi connectivity index (χ1) is 14.0. The number of hydrogen-bond acceptors (Lipinski definition) is 1. The quantitative estimate of drug-likeness (QED) is 0.379. The van der Waals surface area contributed by atoms with Gasteiger partial charge in [-0.3, -0.25) is 4.79 Å². The molecule has 0 radical (unpaired) electrons. The summed E-state index contributed by atoms with van der Waals surface area (Å²) >= 11 is 0. The standard InChI is InChI=1S/C27H27NO/c1-17-14-18(2)26(19(3)15-17)25(29)16-23(21-10-6-5-7-11-21)27-20(4)28-24-13-9-8-12-22(24)27/h5-15,23,28H,16H2,1-4H3. The van der Waals surface area contributed by atoms with Crippen LogP contribution in [-0.2, 0) is 0 Å². The van der Waals surface area contributed by atoms with Crippen LogP contribution in [0.15, 0.2) is 66.7 Å². The molecule has 0 aliphatic rings. The van der Waals surface area contributed by atoms with Crippen molar-refractivity contribution >= 4 is 16.7 Å². The fourth-order valence-corrected chi connectivity index (χ4v) is 4.73. The van der Waals surface area contributed by atoms with Crippen LogP contribution >= 0.6 is 0 Å². The van der Waals surface area contributed by atoms with E-state index in [4.69, 9.17) is 0 Å². The fraction of sp³-hybridized carbons (Fsp3) is 0.222. The zero-order chi connectivity index (χ0) is 20.5. The van der Waals surface area contributed by atoms with Gasteiger partial charge in [-0.2, -0.15) is 0 Å². The van der Waals surface area contributed by atoms with Gasteiger partial charge in [-0.1, -0.05) is 66.2 Å². The Morgan fingerprint density at radius 1 is 0.862 bits per heavy atom. The minimum absolute atomic E-state index is 0.0138. The van der Waals surface area contributed by atoms with Gasteiger partial charge < -0.3 is 4.98 Å². The van der Waals surface area contributed by atoms with Gasteiger partial charge in [-0.25, -0.2) is 0 Å². The van der Waals surface area contributed by atoms with Gasteiger partial charge in [0.25, 0.3) is 0 Å². The predicted molar refractivity (Wildman–Crippen MR) is 121 cm³/mol. The number of carbonyl (C=O) groups excluding carboxylic acids is 1. The van der Waals surface area contributed by atoms with E-state index in [2.05, 4.69) is 73.4 Å². The molecule has 29 heavy (non-hydrogen) atoms. The van der Waals surface area contributed by atoms with Crippen molar-refractivity contribution in [3.8, 4) is 0 Å². The average molecular weight is 382 g/mol. The van der Waals surface area contributed by atoms with E-state index in [9.17, 15) is 4.79 Å². The molecule has 0 spiro atoms. The summed E-state index contributed by atoms with van der Waals surface area (Å²) in [7, 11) is 0. The first-order valence-electron chi connectivity index (χ1n) is 10.2. The highest BCUT2D eigenvalue weighted by molar-refractivity contribution is 6.00. The Morgan fingerprint density at radius 3 is 2.17 bits per heavy atom. The Hall–Kier alpha value is -3.13.